The number of aromatic nitrogens is 2. The van der Waals surface area contributed by atoms with Gasteiger partial charge in [-0.3, -0.25) is 9.36 Å². The van der Waals surface area contributed by atoms with Crippen LogP contribution in [0.1, 0.15) is 36.8 Å². The van der Waals surface area contributed by atoms with E-state index in [-0.39, 0.29) is 11.6 Å². The van der Waals surface area contributed by atoms with Gasteiger partial charge in [-0.05, 0) is 75.7 Å². The quantitative estimate of drug-likeness (QED) is 0.370. The Labute approximate surface area is 203 Å². The molecule has 0 bridgehead atoms. The highest BCUT2D eigenvalue weighted by Crippen LogP contribution is 2.25. The Balaban J connectivity index is 1.83. The summed E-state index contributed by atoms with van der Waals surface area (Å²) < 4.78 is 1.64. The van der Waals surface area contributed by atoms with Crippen LogP contribution in [0.2, 0.25) is 5.02 Å². The predicted molar refractivity (Wildman–Crippen MR) is 138 cm³/mol. The SMILES string of the molecule is CCN(C(=O)Nc1ccc(Cl)cc1)C(C)c1nc2ccccc2c(=O)n1-c1ccc(C)cc1C. The second kappa shape index (κ2) is 9.69. The molecule has 0 aliphatic heterocycles. The van der Waals surface area contributed by atoms with Crippen molar-refractivity contribution in [2.75, 3.05) is 11.9 Å². The number of carbonyl (C=O) groups is 1. The number of para-hydroxylation sites is 1. The van der Waals surface area contributed by atoms with Gasteiger partial charge in [-0.2, -0.15) is 0 Å². The van der Waals surface area contributed by atoms with E-state index in [1.165, 1.54) is 0 Å². The molecule has 0 fully saturated rings. The van der Waals surface area contributed by atoms with E-state index >= 15 is 0 Å². The van der Waals surface area contributed by atoms with Crippen molar-refractivity contribution in [3.8, 4) is 5.69 Å². The summed E-state index contributed by atoms with van der Waals surface area (Å²) in [6, 6.07) is 19.4. The lowest BCUT2D eigenvalue weighted by Gasteiger charge is -2.30. The topological polar surface area (TPSA) is 67.2 Å². The van der Waals surface area contributed by atoms with Crippen molar-refractivity contribution in [2.45, 2.75) is 33.7 Å². The molecule has 0 spiro atoms. The normalized spacial score (nSPS) is 11.9. The molecule has 1 heterocycles. The van der Waals surface area contributed by atoms with Gasteiger partial charge < -0.3 is 10.2 Å². The first-order valence-electron chi connectivity index (χ1n) is 11.2. The molecule has 2 amide bonds. The Hall–Kier alpha value is -3.64. The highest BCUT2D eigenvalue weighted by Gasteiger charge is 2.26. The molecule has 1 unspecified atom stereocenters. The van der Waals surface area contributed by atoms with Gasteiger partial charge in [-0.25, -0.2) is 9.78 Å². The minimum absolute atomic E-state index is 0.159. The van der Waals surface area contributed by atoms with E-state index < -0.39 is 6.04 Å². The van der Waals surface area contributed by atoms with Crippen molar-refractivity contribution < 1.29 is 4.79 Å². The van der Waals surface area contributed by atoms with Crippen LogP contribution in [0.4, 0.5) is 10.5 Å². The van der Waals surface area contributed by atoms with Gasteiger partial charge in [0.1, 0.15) is 5.82 Å². The predicted octanol–water partition coefficient (Wildman–Crippen LogP) is 6.27. The number of benzene rings is 3. The number of nitrogens with zero attached hydrogens (tertiary/aromatic N) is 3. The first kappa shape index (κ1) is 23.5. The van der Waals surface area contributed by atoms with Gasteiger partial charge in [0.25, 0.3) is 5.56 Å². The van der Waals surface area contributed by atoms with Crippen LogP contribution in [0.3, 0.4) is 0 Å². The lowest BCUT2D eigenvalue weighted by atomic mass is 10.1. The lowest BCUT2D eigenvalue weighted by molar-refractivity contribution is 0.193. The maximum absolute atomic E-state index is 13.7. The minimum Gasteiger partial charge on any atom is -0.315 e. The standard InChI is InChI=1S/C27H27ClN4O2/c1-5-31(27(34)29-21-13-11-20(28)12-14-21)19(4)25-30-23-9-7-6-8-22(23)26(33)32(25)24-15-10-17(2)16-18(24)3/h6-16,19H,5H2,1-4H3,(H,29,34). The monoisotopic (exact) mass is 474 g/mol. The summed E-state index contributed by atoms with van der Waals surface area (Å²) >= 11 is 5.97. The van der Waals surface area contributed by atoms with Gasteiger partial charge in [-0.1, -0.05) is 41.4 Å². The Morgan fingerprint density at radius 2 is 1.79 bits per heavy atom. The summed E-state index contributed by atoms with van der Waals surface area (Å²) in [7, 11) is 0. The van der Waals surface area contributed by atoms with Crippen LogP contribution in [0.5, 0.6) is 0 Å². The fourth-order valence-corrected chi connectivity index (χ4v) is 4.31. The fraction of sp³-hybridized carbons (Fsp3) is 0.222. The van der Waals surface area contributed by atoms with Crippen LogP contribution >= 0.6 is 11.6 Å². The molecule has 4 rings (SSSR count). The molecule has 34 heavy (non-hydrogen) atoms. The van der Waals surface area contributed by atoms with Crippen molar-refractivity contribution in [3.05, 3.63) is 99.1 Å². The average Bonchev–Trinajstić information content (AvgIpc) is 2.81. The molecule has 0 saturated carbocycles. The molecule has 0 radical (unpaired) electrons. The molecule has 174 valence electrons. The van der Waals surface area contributed by atoms with E-state index in [9.17, 15) is 9.59 Å². The van der Waals surface area contributed by atoms with Gasteiger partial charge in [0.2, 0.25) is 0 Å². The number of carbonyl (C=O) groups excluding carboxylic acids is 1. The number of aryl methyl sites for hydroxylation is 2. The Bertz CT molecular complexity index is 1410. The van der Waals surface area contributed by atoms with Crippen molar-refractivity contribution in [3.63, 3.8) is 0 Å². The molecular weight excluding hydrogens is 448 g/mol. The van der Waals surface area contributed by atoms with Crippen LogP contribution in [0, 0.1) is 13.8 Å². The number of anilines is 1. The van der Waals surface area contributed by atoms with Crippen molar-refractivity contribution >= 4 is 34.2 Å². The van der Waals surface area contributed by atoms with E-state index in [1.807, 2.05) is 64.1 Å². The van der Waals surface area contributed by atoms with Gasteiger partial charge in [0.05, 0.1) is 22.6 Å². The highest BCUT2D eigenvalue weighted by atomic mass is 35.5. The number of amides is 2. The zero-order chi connectivity index (χ0) is 24.4. The minimum atomic E-state index is -0.477. The maximum Gasteiger partial charge on any atom is 0.322 e. The third kappa shape index (κ3) is 4.54. The molecule has 4 aromatic rings. The van der Waals surface area contributed by atoms with Crippen molar-refractivity contribution in [2.24, 2.45) is 0 Å². The number of nitrogens with one attached hydrogen (secondary N) is 1. The first-order valence-corrected chi connectivity index (χ1v) is 11.6. The Kier molecular flexibility index (Phi) is 6.70. The van der Waals surface area contributed by atoms with E-state index in [0.29, 0.717) is 34.0 Å². The Morgan fingerprint density at radius 3 is 2.47 bits per heavy atom. The molecule has 1 N–H and O–H groups in total. The van der Waals surface area contributed by atoms with E-state index in [1.54, 1.807) is 39.8 Å². The molecule has 7 heteroatoms. The van der Waals surface area contributed by atoms with Crippen LogP contribution in [0.25, 0.3) is 16.6 Å². The third-order valence-corrected chi connectivity index (χ3v) is 6.19. The van der Waals surface area contributed by atoms with Crippen LogP contribution in [-0.4, -0.2) is 27.0 Å². The second-order valence-corrected chi connectivity index (χ2v) is 8.75. The summed E-state index contributed by atoms with van der Waals surface area (Å²) in [6.45, 7) is 8.21. The summed E-state index contributed by atoms with van der Waals surface area (Å²) in [5.74, 6) is 0.503. The molecule has 0 aliphatic rings. The number of halogens is 1. The molecular formula is C27H27ClN4O2. The van der Waals surface area contributed by atoms with Crippen molar-refractivity contribution in [1.82, 2.24) is 14.5 Å². The highest BCUT2D eigenvalue weighted by molar-refractivity contribution is 6.30. The van der Waals surface area contributed by atoms with Crippen LogP contribution in [0.15, 0.2) is 71.5 Å². The van der Waals surface area contributed by atoms with Gasteiger partial charge in [0, 0.05) is 17.3 Å². The molecule has 1 atom stereocenters. The number of urea groups is 1. The molecule has 1 aromatic heterocycles. The number of hydrogen-bond acceptors (Lipinski definition) is 3. The van der Waals surface area contributed by atoms with Crippen LogP contribution < -0.4 is 10.9 Å². The fourth-order valence-electron chi connectivity index (χ4n) is 4.18. The molecule has 3 aromatic carbocycles. The van der Waals surface area contributed by atoms with E-state index in [2.05, 4.69) is 5.32 Å². The molecule has 0 saturated heterocycles. The van der Waals surface area contributed by atoms with E-state index in [0.717, 1.165) is 16.8 Å². The Morgan fingerprint density at radius 1 is 1.09 bits per heavy atom. The summed E-state index contributed by atoms with van der Waals surface area (Å²) in [6.07, 6.45) is 0. The lowest BCUT2D eigenvalue weighted by Crippen LogP contribution is -2.39. The smallest absolute Gasteiger partial charge is 0.315 e. The summed E-state index contributed by atoms with van der Waals surface area (Å²) in [4.78, 5) is 33.4. The van der Waals surface area contributed by atoms with E-state index in [4.69, 9.17) is 16.6 Å². The molecule has 0 aliphatic carbocycles. The number of hydrogen-bond donors (Lipinski definition) is 1. The van der Waals surface area contributed by atoms with Gasteiger partial charge in [0.15, 0.2) is 0 Å². The second-order valence-electron chi connectivity index (χ2n) is 8.32. The van der Waals surface area contributed by atoms with Gasteiger partial charge in [-0.15, -0.1) is 0 Å². The zero-order valence-electron chi connectivity index (χ0n) is 19.7. The maximum atomic E-state index is 13.7. The average molecular weight is 475 g/mol. The number of rotatable bonds is 5. The number of fused-ring (bicyclic) bond motifs is 1. The summed E-state index contributed by atoms with van der Waals surface area (Å²) in [5.41, 5.74) is 3.90. The molecule has 6 nitrogen and oxygen atoms in total. The van der Waals surface area contributed by atoms with Crippen LogP contribution in [-0.2, 0) is 0 Å². The largest absolute Gasteiger partial charge is 0.322 e. The first-order chi connectivity index (χ1) is 16.3. The summed E-state index contributed by atoms with van der Waals surface area (Å²) in [5, 5.41) is 4.04. The zero-order valence-corrected chi connectivity index (χ0v) is 20.4. The third-order valence-electron chi connectivity index (χ3n) is 5.93. The van der Waals surface area contributed by atoms with Gasteiger partial charge >= 0.3 is 6.03 Å². The van der Waals surface area contributed by atoms with Crippen molar-refractivity contribution in [1.29, 1.82) is 0 Å².